The van der Waals surface area contributed by atoms with Crippen LogP contribution in [0.5, 0.6) is 0 Å². The summed E-state index contributed by atoms with van der Waals surface area (Å²) in [4.78, 5) is 0. The summed E-state index contributed by atoms with van der Waals surface area (Å²) >= 11 is 5.78. The Morgan fingerprint density at radius 2 is 1.93 bits per heavy atom. The van der Waals surface area contributed by atoms with Crippen LogP contribution < -0.4 is 5.32 Å². The van der Waals surface area contributed by atoms with Crippen molar-refractivity contribution in [1.82, 2.24) is 0 Å². The lowest BCUT2D eigenvalue weighted by Gasteiger charge is -2.02. The zero-order chi connectivity index (χ0) is 10.9. The molecule has 84 valence electrons. The monoisotopic (exact) mass is 230 g/mol. The van der Waals surface area contributed by atoms with E-state index in [0.29, 0.717) is 13.2 Å². The number of ether oxygens (including phenoxy) is 1. The Labute approximate surface area is 95.0 Å². The minimum atomic E-state index is 0.0944. The fourth-order valence-corrected chi connectivity index (χ4v) is 1.35. The molecule has 0 amide bonds. The quantitative estimate of drug-likeness (QED) is 0.667. The van der Waals surface area contributed by atoms with Crippen LogP contribution in [0, 0.1) is 0 Å². The highest BCUT2D eigenvalue weighted by molar-refractivity contribution is 6.30. The summed E-state index contributed by atoms with van der Waals surface area (Å²) in [5.74, 6) is 0. The molecule has 0 saturated carbocycles. The van der Waals surface area contributed by atoms with Crippen LogP contribution in [-0.4, -0.2) is 31.5 Å². The van der Waals surface area contributed by atoms with E-state index in [2.05, 4.69) is 5.32 Å². The number of hydrogen-bond acceptors (Lipinski definition) is 2. The standard InChI is InChI=1S/C11H16ClNO2/c12-11-3-1-10(2-4-11)9-13-5-7-15-8-6-14/h1-4,13-14H,5-9H2/p+1. The molecule has 0 bridgehead atoms. The lowest BCUT2D eigenvalue weighted by molar-refractivity contribution is -0.672. The maximum absolute atomic E-state index is 8.48. The Kier molecular flexibility index (Phi) is 6.36. The Morgan fingerprint density at radius 3 is 2.60 bits per heavy atom. The average molecular weight is 231 g/mol. The predicted octanol–water partition coefficient (Wildman–Crippen LogP) is 0.412. The molecule has 0 aliphatic carbocycles. The van der Waals surface area contributed by atoms with E-state index in [4.69, 9.17) is 21.4 Å². The maximum Gasteiger partial charge on any atom is 0.101 e. The molecule has 0 unspecified atom stereocenters. The predicted molar refractivity (Wildman–Crippen MR) is 59.9 cm³/mol. The van der Waals surface area contributed by atoms with Crippen LogP contribution in [0.15, 0.2) is 24.3 Å². The number of aliphatic hydroxyl groups excluding tert-OH is 1. The van der Waals surface area contributed by atoms with E-state index >= 15 is 0 Å². The summed E-state index contributed by atoms with van der Waals surface area (Å²) in [6.45, 7) is 3.03. The molecule has 3 nitrogen and oxygen atoms in total. The number of aliphatic hydroxyl groups is 1. The van der Waals surface area contributed by atoms with Crippen molar-refractivity contribution in [2.75, 3.05) is 26.4 Å². The van der Waals surface area contributed by atoms with Crippen LogP contribution in [0.3, 0.4) is 0 Å². The summed E-state index contributed by atoms with van der Waals surface area (Å²) < 4.78 is 5.14. The summed E-state index contributed by atoms with van der Waals surface area (Å²) in [7, 11) is 0. The molecule has 0 fully saturated rings. The van der Waals surface area contributed by atoms with Gasteiger partial charge in [-0.2, -0.15) is 0 Å². The number of benzene rings is 1. The number of rotatable bonds is 7. The van der Waals surface area contributed by atoms with Gasteiger partial charge in [0.25, 0.3) is 0 Å². The van der Waals surface area contributed by atoms with Crippen molar-refractivity contribution < 1.29 is 15.2 Å². The van der Waals surface area contributed by atoms with Crippen molar-refractivity contribution in [3.05, 3.63) is 34.9 Å². The Hall–Kier alpha value is -0.610. The lowest BCUT2D eigenvalue weighted by Crippen LogP contribution is -2.83. The fraction of sp³-hybridized carbons (Fsp3) is 0.455. The van der Waals surface area contributed by atoms with Crippen molar-refractivity contribution in [3.63, 3.8) is 0 Å². The van der Waals surface area contributed by atoms with Gasteiger partial charge in [-0.25, -0.2) is 0 Å². The number of halogens is 1. The SMILES string of the molecule is OCCOCC[NH2+]Cc1ccc(Cl)cc1. The first-order valence-electron chi connectivity index (χ1n) is 5.07. The van der Waals surface area contributed by atoms with Gasteiger partial charge >= 0.3 is 0 Å². The van der Waals surface area contributed by atoms with E-state index < -0.39 is 0 Å². The highest BCUT2D eigenvalue weighted by Gasteiger charge is 1.95. The second-order valence-corrected chi connectivity index (χ2v) is 3.68. The highest BCUT2D eigenvalue weighted by Crippen LogP contribution is 2.08. The molecule has 1 aromatic carbocycles. The molecule has 15 heavy (non-hydrogen) atoms. The van der Waals surface area contributed by atoms with E-state index in [-0.39, 0.29) is 6.61 Å². The van der Waals surface area contributed by atoms with E-state index in [9.17, 15) is 0 Å². The van der Waals surface area contributed by atoms with Gasteiger partial charge in [-0.1, -0.05) is 23.7 Å². The van der Waals surface area contributed by atoms with Gasteiger partial charge in [0.05, 0.1) is 26.4 Å². The molecule has 0 atom stereocenters. The smallest absolute Gasteiger partial charge is 0.101 e. The Morgan fingerprint density at radius 1 is 1.20 bits per heavy atom. The van der Waals surface area contributed by atoms with Crippen LogP contribution in [-0.2, 0) is 11.3 Å². The minimum Gasteiger partial charge on any atom is -0.394 e. The molecule has 4 heteroatoms. The van der Waals surface area contributed by atoms with Crippen LogP contribution in [0.25, 0.3) is 0 Å². The maximum atomic E-state index is 8.48. The molecule has 0 aliphatic heterocycles. The van der Waals surface area contributed by atoms with E-state index in [1.54, 1.807) is 0 Å². The zero-order valence-corrected chi connectivity index (χ0v) is 9.41. The molecule has 0 aromatic heterocycles. The number of quaternary nitrogens is 1. The van der Waals surface area contributed by atoms with E-state index in [0.717, 1.165) is 18.1 Å². The minimum absolute atomic E-state index is 0.0944. The molecule has 0 heterocycles. The molecule has 0 saturated heterocycles. The Balaban J connectivity index is 2.07. The third kappa shape index (κ3) is 5.74. The van der Waals surface area contributed by atoms with Crippen LogP contribution in [0.1, 0.15) is 5.56 Å². The largest absolute Gasteiger partial charge is 0.394 e. The van der Waals surface area contributed by atoms with Gasteiger partial charge in [-0.3, -0.25) is 0 Å². The molecule has 1 rings (SSSR count). The second-order valence-electron chi connectivity index (χ2n) is 3.24. The lowest BCUT2D eigenvalue weighted by atomic mass is 10.2. The van der Waals surface area contributed by atoms with E-state index in [1.165, 1.54) is 5.56 Å². The molecule has 1 aromatic rings. The van der Waals surface area contributed by atoms with Crippen molar-refractivity contribution in [3.8, 4) is 0 Å². The summed E-state index contributed by atoms with van der Waals surface area (Å²) in [5, 5.41) is 11.4. The van der Waals surface area contributed by atoms with Gasteiger partial charge in [0.2, 0.25) is 0 Å². The summed E-state index contributed by atoms with van der Waals surface area (Å²) in [6, 6.07) is 7.83. The summed E-state index contributed by atoms with van der Waals surface area (Å²) in [5.41, 5.74) is 1.25. The molecule has 0 radical (unpaired) electrons. The van der Waals surface area contributed by atoms with Gasteiger partial charge in [-0.05, 0) is 12.1 Å². The highest BCUT2D eigenvalue weighted by atomic mass is 35.5. The van der Waals surface area contributed by atoms with Gasteiger partial charge in [0, 0.05) is 10.6 Å². The number of nitrogens with two attached hydrogens (primary N) is 1. The summed E-state index contributed by atoms with van der Waals surface area (Å²) in [6.07, 6.45) is 0. The molecule has 3 N–H and O–H groups in total. The zero-order valence-electron chi connectivity index (χ0n) is 8.66. The van der Waals surface area contributed by atoms with Crippen LogP contribution in [0.2, 0.25) is 5.02 Å². The first kappa shape index (κ1) is 12.5. The van der Waals surface area contributed by atoms with Crippen molar-refractivity contribution in [1.29, 1.82) is 0 Å². The van der Waals surface area contributed by atoms with Gasteiger partial charge < -0.3 is 15.2 Å². The van der Waals surface area contributed by atoms with E-state index in [1.807, 2.05) is 24.3 Å². The number of hydrogen-bond donors (Lipinski definition) is 2. The third-order valence-electron chi connectivity index (χ3n) is 2.00. The van der Waals surface area contributed by atoms with Crippen molar-refractivity contribution in [2.24, 2.45) is 0 Å². The molecule has 0 spiro atoms. The van der Waals surface area contributed by atoms with Crippen LogP contribution in [0.4, 0.5) is 0 Å². The van der Waals surface area contributed by atoms with Gasteiger partial charge in [0.1, 0.15) is 6.54 Å². The second kappa shape index (κ2) is 7.65. The molecule has 0 aliphatic rings. The normalized spacial score (nSPS) is 10.5. The first-order chi connectivity index (χ1) is 7.33. The third-order valence-corrected chi connectivity index (χ3v) is 2.25. The van der Waals surface area contributed by atoms with Gasteiger partial charge in [0.15, 0.2) is 0 Å². The van der Waals surface area contributed by atoms with Crippen LogP contribution >= 0.6 is 11.6 Å². The topological polar surface area (TPSA) is 46.1 Å². The van der Waals surface area contributed by atoms with Gasteiger partial charge in [-0.15, -0.1) is 0 Å². The molecular formula is C11H17ClNO2+. The first-order valence-corrected chi connectivity index (χ1v) is 5.45. The fourth-order valence-electron chi connectivity index (χ4n) is 1.22. The van der Waals surface area contributed by atoms with Crippen molar-refractivity contribution in [2.45, 2.75) is 6.54 Å². The van der Waals surface area contributed by atoms with Crippen molar-refractivity contribution >= 4 is 11.6 Å². The average Bonchev–Trinajstić information content (AvgIpc) is 2.26. The molecular weight excluding hydrogens is 214 g/mol. The Bertz CT molecular complexity index is 264.